The summed E-state index contributed by atoms with van der Waals surface area (Å²) in [7, 11) is 1.97. The second-order valence-corrected chi connectivity index (χ2v) is 10.8. The van der Waals surface area contributed by atoms with E-state index in [9.17, 15) is 18.4 Å². The molecule has 2 aromatic carbocycles. The predicted molar refractivity (Wildman–Crippen MR) is 157 cm³/mol. The lowest BCUT2D eigenvalue weighted by Gasteiger charge is -2.15. The predicted octanol–water partition coefficient (Wildman–Crippen LogP) is 7.57. The van der Waals surface area contributed by atoms with Gasteiger partial charge in [0.1, 0.15) is 28.7 Å². The van der Waals surface area contributed by atoms with Gasteiger partial charge in [-0.05, 0) is 67.6 Å². The van der Waals surface area contributed by atoms with E-state index in [4.69, 9.17) is 28.2 Å². The van der Waals surface area contributed by atoms with Crippen molar-refractivity contribution in [3.05, 3.63) is 100 Å². The van der Waals surface area contributed by atoms with Crippen LogP contribution in [0.2, 0.25) is 5.02 Å². The Hall–Kier alpha value is -4.01. The molecular formula is C31H24Cl2F2N4O2. The number of imidazole rings is 1. The molecule has 0 radical (unpaired) electrons. The van der Waals surface area contributed by atoms with Crippen LogP contribution in [0.4, 0.5) is 14.5 Å². The average Bonchev–Trinajstić information content (AvgIpc) is 3.64. The zero-order valence-electron chi connectivity index (χ0n) is 22.1. The third-order valence-electron chi connectivity index (χ3n) is 7.49. The minimum atomic E-state index is -1.07. The molecule has 3 heterocycles. The Morgan fingerprint density at radius 3 is 2.54 bits per heavy atom. The smallest absolute Gasteiger partial charge is 0.248 e. The fourth-order valence-electron chi connectivity index (χ4n) is 5.23. The second kappa shape index (κ2) is 10.4. The van der Waals surface area contributed by atoms with Crippen LogP contribution < -0.4 is 5.32 Å². The summed E-state index contributed by atoms with van der Waals surface area (Å²) in [6.45, 7) is 1.93. The molecule has 0 saturated heterocycles. The van der Waals surface area contributed by atoms with Crippen molar-refractivity contribution in [1.29, 1.82) is 0 Å². The number of aromatic nitrogens is 3. The zero-order chi connectivity index (χ0) is 29.0. The van der Waals surface area contributed by atoms with Crippen LogP contribution in [-0.2, 0) is 11.8 Å². The van der Waals surface area contributed by atoms with Crippen LogP contribution in [-0.4, -0.2) is 31.5 Å². The van der Waals surface area contributed by atoms with Crippen molar-refractivity contribution >= 4 is 57.1 Å². The number of rotatable bonds is 7. The van der Waals surface area contributed by atoms with Crippen LogP contribution in [0.1, 0.15) is 46.2 Å². The highest BCUT2D eigenvalue weighted by molar-refractivity contribution is 6.38. The Balaban J connectivity index is 1.43. The Morgan fingerprint density at radius 2 is 1.85 bits per heavy atom. The number of benzene rings is 2. The molecule has 1 fully saturated rings. The highest BCUT2D eigenvalue weighted by atomic mass is 35.5. The Labute approximate surface area is 244 Å². The summed E-state index contributed by atoms with van der Waals surface area (Å²) < 4.78 is 33.4. The van der Waals surface area contributed by atoms with Gasteiger partial charge in [-0.2, -0.15) is 0 Å². The molecule has 0 aliphatic heterocycles. The first-order valence-electron chi connectivity index (χ1n) is 13.0. The van der Waals surface area contributed by atoms with Crippen LogP contribution in [0.25, 0.3) is 27.7 Å². The van der Waals surface area contributed by atoms with Gasteiger partial charge in [-0.25, -0.2) is 13.8 Å². The highest BCUT2D eigenvalue weighted by Gasteiger charge is 2.31. The lowest BCUT2D eigenvalue weighted by molar-refractivity contribution is -0.112. The quantitative estimate of drug-likeness (QED) is 0.120. The van der Waals surface area contributed by atoms with Crippen LogP contribution in [0.5, 0.6) is 0 Å². The number of carbonyl (C=O) groups excluding carboxylic acids is 2. The number of pyridine rings is 1. The summed E-state index contributed by atoms with van der Waals surface area (Å²) in [5.74, 6) is -2.14. The van der Waals surface area contributed by atoms with E-state index in [1.165, 1.54) is 6.08 Å². The van der Waals surface area contributed by atoms with E-state index >= 15 is 0 Å². The molecule has 208 valence electrons. The number of ketones is 1. The standard InChI is InChI=1S/C31H24Cl2F2N4O2/c1-16-36-30-25(38(16)2)15-20(17-7-8-17)27(28(30)33)19-5-4-12-39-23(19)9-10-24(39)31(41)18-13-21(34)29(22(35)14-18)37-26(40)6-3-11-32/h3-6,9-10,12-15,17H,7-8,11H2,1-2H3,(H,37,40)/b6-3+. The molecule has 6 rings (SSSR count). The van der Waals surface area contributed by atoms with Gasteiger partial charge in [0, 0.05) is 41.9 Å². The van der Waals surface area contributed by atoms with E-state index in [2.05, 4.69) is 11.4 Å². The molecule has 6 nitrogen and oxygen atoms in total. The molecule has 41 heavy (non-hydrogen) atoms. The van der Waals surface area contributed by atoms with Crippen molar-refractivity contribution < 1.29 is 18.4 Å². The minimum Gasteiger partial charge on any atom is -0.331 e. The molecule has 10 heteroatoms. The zero-order valence-corrected chi connectivity index (χ0v) is 23.7. The second-order valence-electron chi connectivity index (χ2n) is 10.1. The van der Waals surface area contributed by atoms with Gasteiger partial charge in [-0.15, -0.1) is 11.6 Å². The van der Waals surface area contributed by atoms with Crippen LogP contribution in [0, 0.1) is 18.6 Å². The minimum absolute atomic E-state index is 0.0737. The maximum absolute atomic E-state index is 14.8. The van der Waals surface area contributed by atoms with Crippen molar-refractivity contribution in [2.75, 3.05) is 11.2 Å². The fourth-order valence-corrected chi connectivity index (χ4v) is 5.67. The maximum atomic E-state index is 14.8. The number of fused-ring (bicyclic) bond motifs is 2. The normalized spacial score (nSPS) is 13.5. The summed E-state index contributed by atoms with van der Waals surface area (Å²) in [6.07, 6.45) is 6.27. The molecule has 1 N–H and O–H groups in total. The number of allylic oxidation sites excluding steroid dienone is 1. The number of nitrogens with zero attached hydrogens (tertiary/aromatic N) is 3. The molecule has 3 aromatic heterocycles. The largest absolute Gasteiger partial charge is 0.331 e. The van der Waals surface area contributed by atoms with E-state index in [1.807, 2.05) is 30.7 Å². The Morgan fingerprint density at radius 1 is 1.12 bits per heavy atom. The summed E-state index contributed by atoms with van der Waals surface area (Å²) in [4.78, 5) is 30.1. The molecule has 5 aromatic rings. The number of hydrogen-bond donors (Lipinski definition) is 1. The fraction of sp³-hybridized carbons (Fsp3) is 0.194. The van der Waals surface area contributed by atoms with Crippen molar-refractivity contribution in [2.45, 2.75) is 25.7 Å². The third-order valence-corrected chi connectivity index (χ3v) is 8.04. The topological polar surface area (TPSA) is 68.4 Å². The lowest BCUT2D eigenvalue weighted by Crippen LogP contribution is -2.13. The number of alkyl halides is 1. The summed E-state index contributed by atoms with van der Waals surface area (Å²) in [5, 5.41) is 2.70. The molecule has 1 aliphatic rings. The molecular weight excluding hydrogens is 569 g/mol. The summed E-state index contributed by atoms with van der Waals surface area (Å²) in [5.41, 5.74) is 4.64. The molecule has 0 atom stereocenters. The first kappa shape index (κ1) is 27.2. The van der Waals surface area contributed by atoms with E-state index in [0.717, 1.165) is 64.6 Å². The number of nitrogens with one attached hydrogen (secondary N) is 1. The van der Waals surface area contributed by atoms with Crippen molar-refractivity contribution in [3.63, 3.8) is 0 Å². The number of aryl methyl sites for hydroxylation is 2. The SMILES string of the molecule is Cc1nc2c(Cl)c(-c3cccn4c(C(=O)c5cc(F)c(NC(=O)/C=C/CCl)c(F)c5)ccc34)c(C3CC3)cc2n1C. The van der Waals surface area contributed by atoms with Gasteiger partial charge in [0.15, 0.2) is 0 Å². The van der Waals surface area contributed by atoms with Gasteiger partial charge in [0.05, 0.1) is 21.7 Å². The summed E-state index contributed by atoms with van der Waals surface area (Å²) >= 11 is 12.5. The van der Waals surface area contributed by atoms with Crippen LogP contribution >= 0.6 is 23.2 Å². The van der Waals surface area contributed by atoms with Gasteiger partial charge < -0.3 is 14.3 Å². The van der Waals surface area contributed by atoms with E-state index in [-0.39, 0.29) is 17.1 Å². The van der Waals surface area contributed by atoms with E-state index < -0.39 is 29.0 Å². The molecule has 1 saturated carbocycles. The number of carbonyl (C=O) groups is 2. The maximum Gasteiger partial charge on any atom is 0.248 e. The Bertz CT molecular complexity index is 1900. The van der Waals surface area contributed by atoms with Crippen LogP contribution in [0.15, 0.2) is 60.8 Å². The monoisotopic (exact) mass is 592 g/mol. The van der Waals surface area contributed by atoms with Crippen molar-refractivity contribution in [2.24, 2.45) is 7.05 Å². The number of anilines is 1. The number of halogens is 4. The first-order valence-corrected chi connectivity index (χ1v) is 13.9. The van der Waals surface area contributed by atoms with Crippen molar-refractivity contribution in [1.82, 2.24) is 14.0 Å². The molecule has 0 unspecified atom stereocenters. The summed E-state index contributed by atoms with van der Waals surface area (Å²) in [6, 6.07) is 11.2. The number of hydrogen-bond acceptors (Lipinski definition) is 3. The molecule has 0 bridgehead atoms. The molecule has 1 aliphatic carbocycles. The number of amides is 1. The van der Waals surface area contributed by atoms with Gasteiger partial charge in [-0.3, -0.25) is 9.59 Å². The van der Waals surface area contributed by atoms with E-state index in [0.29, 0.717) is 16.5 Å². The van der Waals surface area contributed by atoms with Crippen molar-refractivity contribution in [3.8, 4) is 11.1 Å². The van der Waals surface area contributed by atoms with Gasteiger partial charge >= 0.3 is 0 Å². The third kappa shape index (κ3) is 4.71. The van der Waals surface area contributed by atoms with Gasteiger partial charge in [0.25, 0.3) is 0 Å². The molecule has 1 amide bonds. The van der Waals surface area contributed by atoms with Gasteiger partial charge in [0.2, 0.25) is 11.7 Å². The first-order chi connectivity index (χ1) is 19.7. The van der Waals surface area contributed by atoms with Gasteiger partial charge in [-0.1, -0.05) is 23.7 Å². The highest BCUT2D eigenvalue weighted by Crippen LogP contribution is 2.49. The van der Waals surface area contributed by atoms with Crippen LogP contribution in [0.3, 0.4) is 0 Å². The average molecular weight is 593 g/mol. The van der Waals surface area contributed by atoms with E-state index in [1.54, 1.807) is 22.7 Å². The Kier molecular flexibility index (Phi) is 6.91. The lowest BCUT2D eigenvalue weighted by atomic mass is 9.95. The molecule has 0 spiro atoms.